The molecule has 3 rings (SSSR count). The number of carbonyl (C=O) groups is 2. The zero-order chi connectivity index (χ0) is 20.5. The molecule has 2 amide bonds. The molecule has 0 saturated carbocycles. The molecule has 0 saturated heterocycles. The van der Waals surface area contributed by atoms with Gasteiger partial charge < -0.3 is 24.5 Å². The number of nitrogens with one attached hydrogen (secondary N) is 2. The number of amides is 2. The van der Waals surface area contributed by atoms with Gasteiger partial charge in [0.2, 0.25) is 5.91 Å². The summed E-state index contributed by atoms with van der Waals surface area (Å²) in [5.74, 6) is 1.51. The van der Waals surface area contributed by atoms with Gasteiger partial charge in [-0.25, -0.2) is 0 Å². The standard InChI is InChI=1S/C22H22N2O5/c1-2-27-16-9-11-17(12-10-16)29-19-7-4-3-6-18(19)24-21(25)13-14-23-22(26)20-8-5-15-28-20/h3-12,15H,2,13-14H2,1H3,(H,23,26)(H,24,25). The van der Waals surface area contributed by atoms with Gasteiger partial charge in [0.25, 0.3) is 5.91 Å². The van der Waals surface area contributed by atoms with Gasteiger partial charge in [-0.15, -0.1) is 0 Å². The van der Waals surface area contributed by atoms with Crippen LogP contribution in [0.4, 0.5) is 5.69 Å². The Morgan fingerprint density at radius 2 is 1.72 bits per heavy atom. The lowest BCUT2D eigenvalue weighted by Gasteiger charge is -2.13. The molecule has 0 radical (unpaired) electrons. The molecule has 1 heterocycles. The second-order valence-corrected chi connectivity index (χ2v) is 6.03. The van der Waals surface area contributed by atoms with Crippen molar-refractivity contribution in [2.24, 2.45) is 0 Å². The quantitative estimate of drug-likeness (QED) is 0.567. The zero-order valence-corrected chi connectivity index (χ0v) is 16.0. The molecule has 1 aromatic heterocycles. The average Bonchev–Trinajstić information content (AvgIpc) is 3.26. The molecule has 0 bridgehead atoms. The largest absolute Gasteiger partial charge is 0.494 e. The molecule has 0 unspecified atom stereocenters. The number of hydrogen-bond acceptors (Lipinski definition) is 5. The highest BCUT2D eigenvalue weighted by atomic mass is 16.5. The lowest BCUT2D eigenvalue weighted by Crippen LogP contribution is -2.27. The molecule has 29 heavy (non-hydrogen) atoms. The molecule has 0 spiro atoms. The number of benzene rings is 2. The summed E-state index contributed by atoms with van der Waals surface area (Å²) in [6.45, 7) is 2.70. The van der Waals surface area contributed by atoms with Crippen LogP contribution in [0.1, 0.15) is 23.9 Å². The fourth-order valence-electron chi connectivity index (χ4n) is 2.55. The van der Waals surface area contributed by atoms with Gasteiger partial charge in [0, 0.05) is 13.0 Å². The lowest BCUT2D eigenvalue weighted by atomic mass is 10.2. The first kappa shape index (κ1) is 20.0. The molecule has 7 nitrogen and oxygen atoms in total. The number of anilines is 1. The molecule has 0 aliphatic heterocycles. The van der Waals surface area contributed by atoms with Crippen molar-refractivity contribution in [2.45, 2.75) is 13.3 Å². The van der Waals surface area contributed by atoms with E-state index in [9.17, 15) is 9.59 Å². The highest BCUT2D eigenvalue weighted by molar-refractivity contribution is 5.94. The Bertz CT molecular complexity index is 936. The molecule has 3 aromatic rings. The number of para-hydroxylation sites is 2. The van der Waals surface area contributed by atoms with Crippen molar-refractivity contribution in [3.05, 3.63) is 72.7 Å². The number of rotatable bonds is 9. The molecule has 150 valence electrons. The van der Waals surface area contributed by atoms with E-state index in [1.807, 2.05) is 25.1 Å². The van der Waals surface area contributed by atoms with Crippen molar-refractivity contribution in [1.29, 1.82) is 0 Å². The van der Waals surface area contributed by atoms with Crippen LogP contribution < -0.4 is 20.1 Å². The molecule has 0 atom stereocenters. The second-order valence-electron chi connectivity index (χ2n) is 6.03. The van der Waals surface area contributed by atoms with Crippen LogP contribution in [0.5, 0.6) is 17.2 Å². The SMILES string of the molecule is CCOc1ccc(Oc2ccccc2NC(=O)CCNC(=O)c2ccco2)cc1. The van der Waals surface area contributed by atoms with Crippen LogP contribution in [0.25, 0.3) is 0 Å². The molecule has 2 aromatic carbocycles. The smallest absolute Gasteiger partial charge is 0.286 e. The zero-order valence-electron chi connectivity index (χ0n) is 16.0. The van der Waals surface area contributed by atoms with E-state index in [0.29, 0.717) is 23.8 Å². The Kier molecular flexibility index (Phi) is 6.89. The third-order valence-corrected chi connectivity index (χ3v) is 3.91. The van der Waals surface area contributed by atoms with E-state index in [2.05, 4.69) is 10.6 Å². The topological polar surface area (TPSA) is 89.8 Å². The van der Waals surface area contributed by atoms with E-state index in [1.54, 1.807) is 42.5 Å². The van der Waals surface area contributed by atoms with Crippen LogP contribution in [-0.2, 0) is 4.79 Å². The third kappa shape index (κ3) is 5.87. The van der Waals surface area contributed by atoms with Crippen molar-refractivity contribution < 1.29 is 23.5 Å². The van der Waals surface area contributed by atoms with E-state index in [1.165, 1.54) is 6.26 Å². The first-order chi connectivity index (χ1) is 14.2. The Balaban J connectivity index is 1.54. The van der Waals surface area contributed by atoms with Gasteiger partial charge in [0.1, 0.15) is 11.5 Å². The molecule has 0 fully saturated rings. The summed E-state index contributed by atoms with van der Waals surface area (Å²) in [7, 11) is 0. The first-order valence-electron chi connectivity index (χ1n) is 9.27. The number of carbonyl (C=O) groups excluding carboxylic acids is 2. The molecule has 0 aliphatic rings. The van der Waals surface area contributed by atoms with Gasteiger partial charge >= 0.3 is 0 Å². The minimum absolute atomic E-state index is 0.115. The van der Waals surface area contributed by atoms with E-state index in [4.69, 9.17) is 13.9 Å². The van der Waals surface area contributed by atoms with E-state index in [0.717, 1.165) is 5.75 Å². The molecule has 2 N–H and O–H groups in total. The van der Waals surface area contributed by atoms with Crippen molar-refractivity contribution in [3.8, 4) is 17.2 Å². The highest BCUT2D eigenvalue weighted by Gasteiger charge is 2.11. The van der Waals surface area contributed by atoms with Crippen molar-refractivity contribution >= 4 is 17.5 Å². The molecular formula is C22H22N2O5. The van der Waals surface area contributed by atoms with Crippen LogP contribution in [0.3, 0.4) is 0 Å². The fourth-order valence-corrected chi connectivity index (χ4v) is 2.55. The third-order valence-electron chi connectivity index (χ3n) is 3.91. The predicted octanol–water partition coefficient (Wildman–Crippen LogP) is 4.23. The minimum atomic E-state index is -0.359. The van der Waals surface area contributed by atoms with Gasteiger partial charge in [0.15, 0.2) is 11.5 Å². The van der Waals surface area contributed by atoms with Crippen molar-refractivity contribution in [3.63, 3.8) is 0 Å². The van der Waals surface area contributed by atoms with Crippen molar-refractivity contribution in [2.75, 3.05) is 18.5 Å². The van der Waals surface area contributed by atoms with Crippen LogP contribution >= 0.6 is 0 Å². The Labute approximate surface area is 168 Å². The Morgan fingerprint density at radius 1 is 0.966 bits per heavy atom. The lowest BCUT2D eigenvalue weighted by molar-refractivity contribution is -0.116. The normalized spacial score (nSPS) is 10.2. The summed E-state index contributed by atoms with van der Waals surface area (Å²) in [6.07, 6.45) is 1.53. The van der Waals surface area contributed by atoms with E-state index in [-0.39, 0.29) is 30.5 Å². The van der Waals surface area contributed by atoms with Crippen LogP contribution in [0, 0.1) is 0 Å². The predicted molar refractivity (Wildman–Crippen MR) is 108 cm³/mol. The maximum atomic E-state index is 12.2. The Hall–Kier alpha value is -3.74. The maximum absolute atomic E-state index is 12.2. The van der Waals surface area contributed by atoms with Gasteiger partial charge in [-0.1, -0.05) is 12.1 Å². The van der Waals surface area contributed by atoms with Gasteiger partial charge in [-0.3, -0.25) is 9.59 Å². The summed E-state index contributed by atoms with van der Waals surface area (Å²) in [5, 5.41) is 5.44. The number of hydrogen-bond donors (Lipinski definition) is 2. The molecular weight excluding hydrogens is 372 g/mol. The van der Waals surface area contributed by atoms with Crippen LogP contribution in [-0.4, -0.2) is 25.0 Å². The Morgan fingerprint density at radius 3 is 2.45 bits per heavy atom. The number of furan rings is 1. The van der Waals surface area contributed by atoms with E-state index >= 15 is 0 Å². The van der Waals surface area contributed by atoms with Gasteiger partial charge in [-0.2, -0.15) is 0 Å². The molecule has 7 heteroatoms. The summed E-state index contributed by atoms with van der Waals surface area (Å²) in [6, 6.07) is 17.6. The maximum Gasteiger partial charge on any atom is 0.286 e. The summed E-state index contributed by atoms with van der Waals surface area (Å²) < 4.78 is 16.3. The van der Waals surface area contributed by atoms with Crippen LogP contribution in [0.2, 0.25) is 0 Å². The van der Waals surface area contributed by atoms with Crippen LogP contribution in [0.15, 0.2) is 71.3 Å². The number of ether oxygens (including phenoxy) is 2. The van der Waals surface area contributed by atoms with E-state index < -0.39 is 0 Å². The fraction of sp³-hybridized carbons (Fsp3) is 0.182. The average molecular weight is 394 g/mol. The summed E-state index contributed by atoms with van der Waals surface area (Å²) in [4.78, 5) is 24.0. The summed E-state index contributed by atoms with van der Waals surface area (Å²) in [5.41, 5.74) is 0.545. The van der Waals surface area contributed by atoms with Gasteiger partial charge in [0.05, 0.1) is 18.6 Å². The summed E-state index contributed by atoms with van der Waals surface area (Å²) >= 11 is 0. The molecule has 0 aliphatic carbocycles. The van der Waals surface area contributed by atoms with Gasteiger partial charge in [-0.05, 0) is 55.5 Å². The minimum Gasteiger partial charge on any atom is -0.494 e. The second kappa shape index (κ2) is 9.98. The highest BCUT2D eigenvalue weighted by Crippen LogP contribution is 2.30. The first-order valence-corrected chi connectivity index (χ1v) is 9.27. The van der Waals surface area contributed by atoms with Crippen molar-refractivity contribution in [1.82, 2.24) is 5.32 Å². The monoisotopic (exact) mass is 394 g/mol.